The lowest BCUT2D eigenvalue weighted by Gasteiger charge is -2.13. The molecule has 0 spiro atoms. The van der Waals surface area contributed by atoms with Gasteiger partial charge in [-0.25, -0.2) is 0 Å². The van der Waals surface area contributed by atoms with E-state index < -0.39 is 0 Å². The normalized spacial score (nSPS) is 11.6. The maximum absolute atomic E-state index is 11.8. The van der Waals surface area contributed by atoms with Crippen LogP contribution < -0.4 is 20.5 Å². The van der Waals surface area contributed by atoms with Gasteiger partial charge in [0, 0.05) is 12.6 Å². The monoisotopic (exact) mass is 314 g/mol. The van der Waals surface area contributed by atoms with Crippen LogP contribution in [-0.4, -0.2) is 25.7 Å². The van der Waals surface area contributed by atoms with Gasteiger partial charge in [0.1, 0.15) is 11.5 Å². The predicted octanol–water partition coefficient (Wildman–Crippen LogP) is 2.28. The number of rotatable bonds is 8. The Balaban J connectivity index is 1.72. The van der Waals surface area contributed by atoms with Crippen LogP contribution in [-0.2, 0) is 4.79 Å². The van der Waals surface area contributed by atoms with Gasteiger partial charge in [0.2, 0.25) is 0 Å². The standard InChI is InChI=1S/C18H22N2O3/c1-2-22-15-8-10-16(11-9-15)23-13-18(21)20-12-17(19)14-6-4-3-5-7-14/h3-11,17H,2,12-13,19H2,1H3,(H,20,21). The van der Waals surface area contributed by atoms with Gasteiger partial charge in [-0.3, -0.25) is 4.79 Å². The Bertz CT molecular complexity index is 599. The van der Waals surface area contributed by atoms with Crippen molar-refractivity contribution < 1.29 is 14.3 Å². The summed E-state index contributed by atoms with van der Waals surface area (Å²) in [5.41, 5.74) is 7.01. The van der Waals surface area contributed by atoms with E-state index in [9.17, 15) is 4.79 Å². The summed E-state index contributed by atoms with van der Waals surface area (Å²) in [5, 5.41) is 2.77. The lowest BCUT2D eigenvalue weighted by atomic mass is 10.1. The second-order valence-corrected chi connectivity index (χ2v) is 5.01. The van der Waals surface area contributed by atoms with Gasteiger partial charge in [0.25, 0.3) is 5.91 Å². The average Bonchev–Trinajstić information content (AvgIpc) is 2.60. The van der Waals surface area contributed by atoms with Gasteiger partial charge in [0.05, 0.1) is 6.61 Å². The molecule has 0 aliphatic carbocycles. The molecule has 2 rings (SSSR count). The molecule has 0 aliphatic heterocycles. The molecule has 1 unspecified atom stereocenters. The van der Waals surface area contributed by atoms with Crippen molar-refractivity contribution in [2.75, 3.05) is 19.8 Å². The lowest BCUT2D eigenvalue weighted by molar-refractivity contribution is -0.123. The third-order valence-corrected chi connectivity index (χ3v) is 3.25. The summed E-state index contributed by atoms with van der Waals surface area (Å²) in [6.07, 6.45) is 0. The second kappa shape index (κ2) is 8.80. The number of nitrogens with one attached hydrogen (secondary N) is 1. The van der Waals surface area contributed by atoms with Crippen molar-refractivity contribution in [2.24, 2.45) is 5.73 Å². The zero-order valence-electron chi connectivity index (χ0n) is 13.2. The highest BCUT2D eigenvalue weighted by atomic mass is 16.5. The highest BCUT2D eigenvalue weighted by Crippen LogP contribution is 2.17. The van der Waals surface area contributed by atoms with Crippen LogP contribution in [0.4, 0.5) is 0 Å². The molecule has 23 heavy (non-hydrogen) atoms. The Kier molecular flexibility index (Phi) is 6.44. The molecule has 2 aromatic rings. The molecule has 0 fully saturated rings. The summed E-state index contributed by atoms with van der Waals surface area (Å²) in [6, 6.07) is 16.6. The quantitative estimate of drug-likeness (QED) is 0.784. The van der Waals surface area contributed by atoms with Gasteiger partial charge in [-0.2, -0.15) is 0 Å². The molecule has 0 aliphatic rings. The molecule has 3 N–H and O–H groups in total. The lowest BCUT2D eigenvalue weighted by Crippen LogP contribution is -2.34. The first-order valence-electron chi connectivity index (χ1n) is 7.62. The first kappa shape index (κ1) is 16.8. The minimum absolute atomic E-state index is 0.0461. The number of amides is 1. The maximum atomic E-state index is 11.8. The topological polar surface area (TPSA) is 73.6 Å². The van der Waals surface area contributed by atoms with Gasteiger partial charge in [-0.15, -0.1) is 0 Å². The van der Waals surface area contributed by atoms with Crippen LogP contribution in [0.5, 0.6) is 11.5 Å². The molecule has 0 saturated carbocycles. The van der Waals surface area contributed by atoms with Crippen LogP contribution >= 0.6 is 0 Å². The van der Waals surface area contributed by atoms with Gasteiger partial charge in [-0.1, -0.05) is 30.3 Å². The summed E-state index contributed by atoms with van der Waals surface area (Å²) >= 11 is 0. The molecule has 5 heteroatoms. The first-order valence-corrected chi connectivity index (χ1v) is 7.62. The van der Waals surface area contributed by atoms with Crippen LogP contribution in [0.2, 0.25) is 0 Å². The molecule has 0 heterocycles. The summed E-state index contributed by atoms with van der Waals surface area (Å²) in [6.45, 7) is 2.87. The zero-order valence-corrected chi connectivity index (χ0v) is 13.2. The second-order valence-electron chi connectivity index (χ2n) is 5.01. The van der Waals surface area contributed by atoms with E-state index in [1.54, 1.807) is 12.1 Å². The number of benzene rings is 2. The minimum Gasteiger partial charge on any atom is -0.494 e. The Hall–Kier alpha value is -2.53. The molecule has 0 bridgehead atoms. The fraction of sp³-hybridized carbons (Fsp3) is 0.278. The van der Waals surface area contributed by atoms with Crippen molar-refractivity contribution in [1.82, 2.24) is 5.32 Å². The third-order valence-electron chi connectivity index (χ3n) is 3.25. The SMILES string of the molecule is CCOc1ccc(OCC(=O)NCC(N)c2ccccc2)cc1. The van der Waals surface area contributed by atoms with Crippen molar-refractivity contribution in [3.05, 3.63) is 60.2 Å². The van der Waals surface area contributed by atoms with E-state index in [-0.39, 0.29) is 18.6 Å². The number of carbonyl (C=O) groups excluding carboxylic acids is 1. The smallest absolute Gasteiger partial charge is 0.258 e. The van der Waals surface area contributed by atoms with Crippen molar-refractivity contribution in [3.8, 4) is 11.5 Å². The molecule has 0 saturated heterocycles. The highest BCUT2D eigenvalue weighted by molar-refractivity contribution is 5.77. The van der Waals surface area contributed by atoms with E-state index >= 15 is 0 Å². The maximum Gasteiger partial charge on any atom is 0.258 e. The average molecular weight is 314 g/mol. The van der Waals surface area contributed by atoms with E-state index in [2.05, 4.69) is 5.32 Å². The number of carbonyl (C=O) groups is 1. The van der Waals surface area contributed by atoms with E-state index in [0.29, 0.717) is 18.9 Å². The zero-order chi connectivity index (χ0) is 16.5. The van der Waals surface area contributed by atoms with Crippen LogP contribution in [0.15, 0.2) is 54.6 Å². The van der Waals surface area contributed by atoms with Crippen LogP contribution in [0, 0.1) is 0 Å². The van der Waals surface area contributed by atoms with Crippen molar-refractivity contribution >= 4 is 5.91 Å². The van der Waals surface area contributed by atoms with Crippen molar-refractivity contribution in [2.45, 2.75) is 13.0 Å². The molecule has 122 valence electrons. The Morgan fingerprint density at radius 2 is 1.65 bits per heavy atom. The fourth-order valence-corrected chi connectivity index (χ4v) is 2.04. The largest absolute Gasteiger partial charge is 0.494 e. The molecule has 1 amide bonds. The minimum atomic E-state index is -0.231. The van der Waals surface area contributed by atoms with Gasteiger partial charge >= 0.3 is 0 Å². The van der Waals surface area contributed by atoms with Crippen molar-refractivity contribution in [1.29, 1.82) is 0 Å². The number of hydrogen-bond donors (Lipinski definition) is 2. The van der Waals surface area contributed by atoms with Crippen LogP contribution in [0.3, 0.4) is 0 Å². The fourth-order valence-electron chi connectivity index (χ4n) is 2.04. The summed E-state index contributed by atoms with van der Waals surface area (Å²) in [4.78, 5) is 11.8. The Labute approximate surface area is 136 Å². The summed E-state index contributed by atoms with van der Waals surface area (Å²) in [7, 11) is 0. The Morgan fingerprint density at radius 3 is 2.26 bits per heavy atom. The van der Waals surface area contributed by atoms with Crippen LogP contribution in [0.1, 0.15) is 18.5 Å². The first-order chi connectivity index (χ1) is 11.2. The molecular weight excluding hydrogens is 292 g/mol. The molecule has 0 radical (unpaired) electrons. The molecule has 1 atom stereocenters. The third kappa shape index (κ3) is 5.64. The summed E-state index contributed by atoms with van der Waals surface area (Å²) in [5.74, 6) is 1.19. The van der Waals surface area contributed by atoms with E-state index in [1.165, 1.54) is 0 Å². The molecule has 2 aromatic carbocycles. The summed E-state index contributed by atoms with van der Waals surface area (Å²) < 4.78 is 10.8. The van der Waals surface area contributed by atoms with E-state index in [4.69, 9.17) is 15.2 Å². The van der Waals surface area contributed by atoms with Crippen molar-refractivity contribution in [3.63, 3.8) is 0 Å². The Morgan fingerprint density at radius 1 is 1.04 bits per heavy atom. The molecular formula is C18H22N2O3. The number of ether oxygens (including phenoxy) is 2. The molecule has 5 nitrogen and oxygen atoms in total. The highest BCUT2D eigenvalue weighted by Gasteiger charge is 2.08. The van der Waals surface area contributed by atoms with Gasteiger partial charge in [-0.05, 0) is 36.8 Å². The van der Waals surface area contributed by atoms with E-state index in [0.717, 1.165) is 11.3 Å². The van der Waals surface area contributed by atoms with E-state index in [1.807, 2.05) is 49.4 Å². The predicted molar refractivity (Wildman–Crippen MR) is 89.5 cm³/mol. The number of hydrogen-bond acceptors (Lipinski definition) is 4. The van der Waals surface area contributed by atoms with Gasteiger partial charge in [0.15, 0.2) is 6.61 Å². The van der Waals surface area contributed by atoms with Gasteiger partial charge < -0.3 is 20.5 Å². The number of nitrogens with two attached hydrogens (primary N) is 1. The van der Waals surface area contributed by atoms with Crippen LogP contribution in [0.25, 0.3) is 0 Å². The molecule has 0 aromatic heterocycles.